The van der Waals surface area contributed by atoms with Gasteiger partial charge in [-0.2, -0.15) is 0 Å². The minimum absolute atomic E-state index is 0.0528. The molecule has 0 radical (unpaired) electrons. The van der Waals surface area contributed by atoms with Crippen LogP contribution in [0.5, 0.6) is 0 Å². The van der Waals surface area contributed by atoms with Crippen LogP contribution in [0.1, 0.15) is 44.6 Å². The van der Waals surface area contributed by atoms with Crippen molar-refractivity contribution in [1.82, 2.24) is 5.32 Å². The fourth-order valence-electron chi connectivity index (χ4n) is 3.24. The number of carbonyl (C=O) groups excluding carboxylic acids is 1. The molecule has 1 amide bonds. The molecule has 0 aliphatic heterocycles. The number of hydrogen-bond acceptors (Lipinski definition) is 3. The summed E-state index contributed by atoms with van der Waals surface area (Å²) in [6.07, 6.45) is 3.16. The lowest BCUT2D eigenvalue weighted by atomic mass is 9.71. The monoisotopic (exact) mass is 305 g/mol. The molecular formula is C17H23NO4. The maximum absolute atomic E-state index is 12.1. The van der Waals surface area contributed by atoms with Gasteiger partial charge in [-0.3, -0.25) is 0 Å². The SMILES string of the molecule is CC[C@H]1CCCC[C@@]1(NC(=O)OCc1ccccc1)C(=O)O. The molecule has 0 saturated heterocycles. The van der Waals surface area contributed by atoms with Gasteiger partial charge in [-0.25, -0.2) is 9.59 Å². The van der Waals surface area contributed by atoms with Gasteiger partial charge in [0.2, 0.25) is 0 Å². The first-order chi connectivity index (χ1) is 10.6. The Kier molecular flexibility index (Phi) is 5.41. The van der Waals surface area contributed by atoms with Gasteiger partial charge in [-0.15, -0.1) is 0 Å². The summed E-state index contributed by atoms with van der Waals surface area (Å²) in [6.45, 7) is 2.10. The molecule has 0 aromatic heterocycles. The number of carbonyl (C=O) groups is 2. The van der Waals surface area contributed by atoms with Crippen LogP contribution < -0.4 is 5.32 Å². The van der Waals surface area contributed by atoms with Crippen LogP contribution in [-0.4, -0.2) is 22.7 Å². The number of rotatable bonds is 5. The predicted molar refractivity (Wildman–Crippen MR) is 82.4 cm³/mol. The van der Waals surface area contributed by atoms with Gasteiger partial charge in [0.25, 0.3) is 0 Å². The van der Waals surface area contributed by atoms with Crippen LogP contribution in [0.25, 0.3) is 0 Å². The van der Waals surface area contributed by atoms with Crippen molar-refractivity contribution in [2.45, 2.75) is 51.2 Å². The zero-order valence-corrected chi connectivity index (χ0v) is 12.9. The average molecular weight is 305 g/mol. The first kappa shape index (κ1) is 16.3. The van der Waals surface area contributed by atoms with Crippen LogP contribution >= 0.6 is 0 Å². The van der Waals surface area contributed by atoms with E-state index in [0.29, 0.717) is 6.42 Å². The molecule has 1 aliphatic rings. The van der Waals surface area contributed by atoms with E-state index in [2.05, 4.69) is 5.32 Å². The van der Waals surface area contributed by atoms with Gasteiger partial charge in [0, 0.05) is 0 Å². The van der Waals surface area contributed by atoms with E-state index in [4.69, 9.17) is 4.74 Å². The van der Waals surface area contributed by atoms with Crippen molar-refractivity contribution in [3.05, 3.63) is 35.9 Å². The largest absolute Gasteiger partial charge is 0.479 e. The minimum atomic E-state index is -1.19. The van der Waals surface area contributed by atoms with Crippen molar-refractivity contribution >= 4 is 12.1 Å². The van der Waals surface area contributed by atoms with Crippen LogP contribution in [0.4, 0.5) is 4.79 Å². The molecule has 120 valence electrons. The highest BCUT2D eigenvalue weighted by Gasteiger charge is 2.48. The van der Waals surface area contributed by atoms with Gasteiger partial charge in [-0.1, -0.05) is 56.5 Å². The molecule has 1 saturated carbocycles. The Morgan fingerprint density at radius 2 is 2.05 bits per heavy atom. The Morgan fingerprint density at radius 3 is 2.68 bits per heavy atom. The highest BCUT2D eigenvalue weighted by molar-refractivity contribution is 5.85. The number of alkyl carbamates (subject to hydrolysis) is 1. The van der Waals surface area contributed by atoms with Gasteiger partial charge >= 0.3 is 12.1 Å². The number of benzene rings is 1. The summed E-state index contributed by atoms with van der Waals surface area (Å²) in [5.74, 6) is -1.02. The van der Waals surface area contributed by atoms with Gasteiger partial charge in [0.15, 0.2) is 0 Å². The summed E-state index contributed by atoms with van der Waals surface area (Å²) in [7, 11) is 0. The normalized spacial score (nSPS) is 24.5. The number of carboxylic acid groups (broad SMARTS) is 1. The Labute approximate surface area is 130 Å². The molecule has 5 heteroatoms. The van der Waals surface area contributed by atoms with Gasteiger partial charge in [0.05, 0.1) is 0 Å². The summed E-state index contributed by atoms with van der Waals surface area (Å²) >= 11 is 0. The molecule has 5 nitrogen and oxygen atoms in total. The lowest BCUT2D eigenvalue weighted by Gasteiger charge is -2.40. The maximum atomic E-state index is 12.1. The Hall–Kier alpha value is -2.04. The molecule has 0 unspecified atom stereocenters. The second kappa shape index (κ2) is 7.29. The van der Waals surface area contributed by atoms with Crippen LogP contribution in [0.2, 0.25) is 0 Å². The molecule has 1 aliphatic carbocycles. The van der Waals surface area contributed by atoms with Crippen molar-refractivity contribution in [2.24, 2.45) is 5.92 Å². The molecule has 1 fully saturated rings. The van der Waals surface area contributed by atoms with E-state index in [1.807, 2.05) is 37.3 Å². The van der Waals surface area contributed by atoms with Gasteiger partial charge < -0.3 is 15.2 Å². The molecule has 1 aromatic carbocycles. The van der Waals surface area contributed by atoms with E-state index in [9.17, 15) is 14.7 Å². The fourth-order valence-corrected chi connectivity index (χ4v) is 3.24. The third-order valence-electron chi connectivity index (χ3n) is 4.48. The van der Waals surface area contributed by atoms with Crippen LogP contribution in [0, 0.1) is 5.92 Å². The third-order valence-corrected chi connectivity index (χ3v) is 4.48. The van der Waals surface area contributed by atoms with E-state index < -0.39 is 17.6 Å². The molecule has 0 heterocycles. The number of nitrogens with one attached hydrogen (secondary N) is 1. The first-order valence-electron chi connectivity index (χ1n) is 7.80. The molecule has 2 rings (SSSR count). The Bertz CT molecular complexity index is 517. The van der Waals surface area contributed by atoms with E-state index in [1.54, 1.807) is 0 Å². The number of hydrogen-bond donors (Lipinski definition) is 2. The lowest BCUT2D eigenvalue weighted by Crippen LogP contribution is -2.60. The first-order valence-corrected chi connectivity index (χ1v) is 7.80. The fraction of sp³-hybridized carbons (Fsp3) is 0.529. The van der Waals surface area contributed by atoms with Crippen molar-refractivity contribution < 1.29 is 19.4 Å². The summed E-state index contributed by atoms with van der Waals surface area (Å²) in [4.78, 5) is 23.8. The molecule has 22 heavy (non-hydrogen) atoms. The number of ether oxygens (including phenoxy) is 1. The van der Waals surface area contributed by atoms with Crippen molar-refractivity contribution in [3.63, 3.8) is 0 Å². The lowest BCUT2D eigenvalue weighted by molar-refractivity contribution is -0.149. The number of aliphatic carboxylic acids is 1. The highest BCUT2D eigenvalue weighted by Crippen LogP contribution is 2.36. The Balaban J connectivity index is 2.01. The van der Waals surface area contributed by atoms with Crippen molar-refractivity contribution in [1.29, 1.82) is 0 Å². The second-order valence-corrected chi connectivity index (χ2v) is 5.81. The summed E-state index contributed by atoms with van der Waals surface area (Å²) in [5, 5.41) is 12.3. The number of amides is 1. The standard InChI is InChI=1S/C17H23NO4/c1-2-14-10-6-7-11-17(14,15(19)20)18-16(21)22-12-13-8-4-3-5-9-13/h3-5,8-9,14H,2,6-7,10-12H2,1H3,(H,18,21)(H,19,20)/t14-,17-/m0/s1. The van der Waals surface area contributed by atoms with E-state index >= 15 is 0 Å². The summed E-state index contributed by atoms with van der Waals surface area (Å²) in [6, 6.07) is 9.33. The zero-order chi connectivity index (χ0) is 16.0. The van der Waals surface area contributed by atoms with E-state index in [-0.39, 0.29) is 12.5 Å². The summed E-state index contributed by atoms with van der Waals surface area (Å²) in [5.41, 5.74) is -0.321. The second-order valence-electron chi connectivity index (χ2n) is 5.81. The Morgan fingerprint density at radius 1 is 1.32 bits per heavy atom. The molecular weight excluding hydrogens is 282 g/mol. The summed E-state index contributed by atoms with van der Waals surface area (Å²) < 4.78 is 5.19. The highest BCUT2D eigenvalue weighted by atomic mass is 16.5. The molecule has 0 spiro atoms. The topological polar surface area (TPSA) is 75.6 Å². The van der Waals surface area contributed by atoms with Crippen molar-refractivity contribution in [2.75, 3.05) is 0 Å². The van der Waals surface area contributed by atoms with E-state index in [1.165, 1.54) is 0 Å². The van der Waals surface area contributed by atoms with Crippen molar-refractivity contribution in [3.8, 4) is 0 Å². The van der Waals surface area contributed by atoms with Crippen LogP contribution in [0.15, 0.2) is 30.3 Å². The quantitative estimate of drug-likeness (QED) is 0.875. The predicted octanol–water partition coefficient (Wildman–Crippen LogP) is 3.34. The van der Waals surface area contributed by atoms with Crippen LogP contribution in [-0.2, 0) is 16.1 Å². The van der Waals surface area contributed by atoms with Gasteiger partial charge in [-0.05, 0) is 24.3 Å². The average Bonchev–Trinajstić information content (AvgIpc) is 2.54. The smallest absolute Gasteiger partial charge is 0.408 e. The van der Waals surface area contributed by atoms with Crippen LogP contribution in [0.3, 0.4) is 0 Å². The van der Waals surface area contributed by atoms with Gasteiger partial charge in [0.1, 0.15) is 12.1 Å². The third kappa shape index (κ3) is 3.59. The minimum Gasteiger partial charge on any atom is -0.479 e. The molecule has 1 aromatic rings. The number of carboxylic acids is 1. The molecule has 2 atom stereocenters. The van der Waals surface area contributed by atoms with E-state index in [0.717, 1.165) is 31.2 Å². The molecule has 0 bridgehead atoms. The molecule has 2 N–H and O–H groups in total. The zero-order valence-electron chi connectivity index (χ0n) is 12.9. The maximum Gasteiger partial charge on any atom is 0.408 e.